The number of nitrogens with one attached hydrogen (secondary N) is 3. The third kappa shape index (κ3) is 3.45. The van der Waals surface area contributed by atoms with Crippen molar-refractivity contribution in [2.24, 2.45) is 5.92 Å². The smallest absolute Gasteiger partial charge is 0.320 e. The van der Waals surface area contributed by atoms with Crippen LogP contribution in [-0.4, -0.2) is 35.2 Å². The van der Waals surface area contributed by atoms with Gasteiger partial charge >= 0.3 is 6.03 Å². The first kappa shape index (κ1) is 19.3. The highest BCUT2D eigenvalue weighted by Crippen LogP contribution is 2.39. The normalized spacial score (nSPS) is 19.2. The summed E-state index contributed by atoms with van der Waals surface area (Å²) in [5.41, 5.74) is 8.65. The maximum atomic E-state index is 15.2. The minimum Gasteiger partial charge on any atom is -0.474 e. The van der Waals surface area contributed by atoms with E-state index >= 15 is 4.39 Å². The molecule has 1 fully saturated rings. The van der Waals surface area contributed by atoms with Gasteiger partial charge in [0.2, 0.25) is 5.88 Å². The fraction of sp³-hybridized carbons (Fsp3) is 0.318. The van der Waals surface area contributed by atoms with E-state index in [0.717, 1.165) is 17.7 Å². The Morgan fingerprint density at radius 3 is 2.87 bits per heavy atom. The number of urea groups is 1. The van der Waals surface area contributed by atoms with Crippen LogP contribution in [0.25, 0.3) is 21.9 Å². The highest BCUT2D eigenvalue weighted by molar-refractivity contribution is 6.00. The van der Waals surface area contributed by atoms with Crippen LogP contribution in [0.4, 0.5) is 26.4 Å². The van der Waals surface area contributed by atoms with Crippen LogP contribution in [0.2, 0.25) is 0 Å². The number of benzene rings is 1. The number of aromatic nitrogens is 2. The van der Waals surface area contributed by atoms with E-state index in [0.29, 0.717) is 52.7 Å². The number of nitrogens with zero attached hydrogens (tertiary/aromatic N) is 2. The van der Waals surface area contributed by atoms with Gasteiger partial charge in [-0.25, -0.2) is 19.2 Å². The van der Waals surface area contributed by atoms with E-state index < -0.39 is 5.82 Å². The van der Waals surface area contributed by atoms with Crippen molar-refractivity contribution >= 4 is 34.0 Å². The van der Waals surface area contributed by atoms with Gasteiger partial charge in [0, 0.05) is 41.5 Å². The number of ether oxygens (including phenoxy) is 1. The zero-order chi connectivity index (χ0) is 21.7. The lowest BCUT2D eigenvalue weighted by molar-refractivity contribution is 0.251. The molecule has 2 unspecified atom stereocenters. The predicted molar refractivity (Wildman–Crippen MR) is 118 cm³/mol. The number of carbonyl (C=O) groups excluding carboxylic acids is 1. The van der Waals surface area contributed by atoms with E-state index in [4.69, 9.17) is 10.5 Å². The third-order valence-electron chi connectivity index (χ3n) is 5.90. The molecular formula is C22H23FN6O2. The van der Waals surface area contributed by atoms with E-state index in [1.54, 1.807) is 18.3 Å². The molecular weight excluding hydrogens is 399 g/mol. The second-order valence-corrected chi connectivity index (χ2v) is 8.11. The van der Waals surface area contributed by atoms with Crippen molar-refractivity contribution in [1.29, 1.82) is 0 Å². The van der Waals surface area contributed by atoms with E-state index in [1.807, 2.05) is 6.92 Å². The molecule has 2 atom stereocenters. The van der Waals surface area contributed by atoms with Crippen molar-refractivity contribution in [3.05, 3.63) is 35.9 Å². The molecule has 0 spiro atoms. The predicted octanol–water partition coefficient (Wildman–Crippen LogP) is 3.66. The highest BCUT2D eigenvalue weighted by atomic mass is 19.1. The maximum Gasteiger partial charge on any atom is 0.320 e. The first-order valence-electron chi connectivity index (χ1n) is 10.2. The Hall–Kier alpha value is -3.62. The number of fused-ring (bicyclic) bond motifs is 2. The number of nitrogens with two attached hydrogens (primary N) is 1. The molecule has 0 bridgehead atoms. The van der Waals surface area contributed by atoms with Gasteiger partial charge in [-0.05, 0) is 42.3 Å². The Balaban J connectivity index is 1.53. The summed E-state index contributed by atoms with van der Waals surface area (Å²) in [7, 11) is 0. The third-order valence-corrected chi connectivity index (χ3v) is 5.90. The number of pyridine rings is 2. The van der Waals surface area contributed by atoms with E-state index in [-0.39, 0.29) is 17.8 Å². The van der Waals surface area contributed by atoms with E-state index in [2.05, 4.69) is 32.8 Å². The molecule has 1 aliphatic carbocycles. The molecule has 3 heterocycles. The number of hydrogen-bond acceptors (Lipinski definition) is 6. The fourth-order valence-electron chi connectivity index (χ4n) is 3.90. The minimum absolute atomic E-state index is 0.00383. The van der Waals surface area contributed by atoms with E-state index in [9.17, 15) is 4.79 Å². The number of carbonyl (C=O) groups is 1. The van der Waals surface area contributed by atoms with Gasteiger partial charge in [0.25, 0.3) is 0 Å². The molecule has 0 radical (unpaired) electrons. The monoisotopic (exact) mass is 422 g/mol. The topological polar surface area (TPSA) is 114 Å². The SMILES string of the molecule is Cc1c(-c2cc3cc(NC(=O)NC4CC4C)ncc3c(N)c2F)cnc2c1NCCO2. The molecule has 1 aromatic carbocycles. The summed E-state index contributed by atoms with van der Waals surface area (Å²) in [4.78, 5) is 20.7. The van der Waals surface area contributed by atoms with Crippen molar-refractivity contribution in [2.75, 3.05) is 29.5 Å². The van der Waals surface area contributed by atoms with Crippen LogP contribution in [0.15, 0.2) is 24.5 Å². The van der Waals surface area contributed by atoms with Crippen LogP contribution in [0.5, 0.6) is 5.88 Å². The summed E-state index contributed by atoms with van der Waals surface area (Å²) in [6.45, 7) is 5.16. The summed E-state index contributed by atoms with van der Waals surface area (Å²) < 4.78 is 20.8. The van der Waals surface area contributed by atoms with Crippen LogP contribution in [-0.2, 0) is 0 Å². The molecule has 160 valence electrons. The van der Waals surface area contributed by atoms with Crippen LogP contribution < -0.4 is 26.4 Å². The Kier molecular flexibility index (Phi) is 4.53. The average molecular weight is 422 g/mol. The van der Waals surface area contributed by atoms with Gasteiger partial charge in [-0.3, -0.25) is 5.32 Å². The molecule has 8 nitrogen and oxygen atoms in total. The molecule has 9 heteroatoms. The summed E-state index contributed by atoms with van der Waals surface area (Å²) in [5.74, 6) is 0.838. The Morgan fingerprint density at radius 2 is 2.10 bits per heavy atom. The molecule has 31 heavy (non-hydrogen) atoms. The molecule has 2 aliphatic rings. The van der Waals surface area contributed by atoms with Crippen LogP contribution in [0.1, 0.15) is 18.9 Å². The summed E-state index contributed by atoms with van der Waals surface area (Å²) >= 11 is 0. The molecule has 2 aromatic heterocycles. The summed E-state index contributed by atoms with van der Waals surface area (Å²) in [5, 5.41) is 10.0. The maximum absolute atomic E-state index is 15.2. The lowest BCUT2D eigenvalue weighted by Gasteiger charge is -2.22. The number of amides is 2. The highest BCUT2D eigenvalue weighted by Gasteiger charge is 2.33. The number of rotatable bonds is 3. The van der Waals surface area contributed by atoms with Crippen molar-refractivity contribution in [3.8, 4) is 17.0 Å². The van der Waals surface area contributed by atoms with Crippen LogP contribution >= 0.6 is 0 Å². The first-order valence-corrected chi connectivity index (χ1v) is 10.2. The molecule has 3 aromatic rings. The van der Waals surface area contributed by atoms with Gasteiger partial charge in [0.1, 0.15) is 18.1 Å². The van der Waals surface area contributed by atoms with Gasteiger partial charge in [0.05, 0.1) is 5.69 Å². The molecule has 5 rings (SSSR count). The number of halogens is 1. The largest absolute Gasteiger partial charge is 0.474 e. The van der Waals surface area contributed by atoms with Crippen molar-refractivity contribution < 1.29 is 13.9 Å². The van der Waals surface area contributed by atoms with Crippen LogP contribution in [0, 0.1) is 18.7 Å². The standard InChI is InChI=1S/C22H23FN6O2/c1-10-5-16(10)28-22(30)29-17-7-12-6-13(18(23)19(24)15(12)9-26-17)14-8-27-21-20(11(14)2)25-3-4-31-21/h6-10,16,25H,3-5,24H2,1-2H3,(H2,26,28,29,30). The second kappa shape index (κ2) is 7.26. The average Bonchev–Trinajstić information content (AvgIpc) is 3.45. The van der Waals surface area contributed by atoms with Gasteiger partial charge < -0.3 is 21.1 Å². The van der Waals surface area contributed by atoms with Gasteiger partial charge in [0.15, 0.2) is 5.82 Å². The van der Waals surface area contributed by atoms with E-state index in [1.165, 1.54) is 6.20 Å². The fourth-order valence-corrected chi connectivity index (χ4v) is 3.90. The summed E-state index contributed by atoms with van der Waals surface area (Å²) in [6.07, 6.45) is 4.04. The lowest BCUT2D eigenvalue weighted by Crippen LogP contribution is -2.31. The van der Waals surface area contributed by atoms with Crippen molar-refractivity contribution in [2.45, 2.75) is 26.3 Å². The zero-order valence-corrected chi connectivity index (χ0v) is 17.3. The first-order chi connectivity index (χ1) is 14.9. The Bertz CT molecular complexity index is 1210. The van der Waals surface area contributed by atoms with Gasteiger partial charge in [-0.1, -0.05) is 6.92 Å². The van der Waals surface area contributed by atoms with Gasteiger partial charge in [-0.15, -0.1) is 0 Å². The molecule has 0 saturated heterocycles. The number of hydrogen-bond donors (Lipinski definition) is 4. The number of nitrogen functional groups attached to an aromatic ring is 1. The van der Waals surface area contributed by atoms with Crippen LogP contribution in [0.3, 0.4) is 0 Å². The molecule has 1 saturated carbocycles. The summed E-state index contributed by atoms with van der Waals surface area (Å²) in [6, 6.07) is 3.29. The molecule has 2 amide bonds. The molecule has 5 N–H and O–H groups in total. The van der Waals surface area contributed by atoms with Crippen molar-refractivity contribution in [3.63, 3.8) is 0 Å². The number of anilines is 3. The van der Waals surface area contributed by atoms with Gasteiger partial charge in [-0.2, -0.15) is 0 Å². The Morgan fingerprint density at radius 1 is 1.29 bits per heavy atom. The van der Waals surface area contributed by atoms with Crippen molar-refractivity contribution in [1.82, 2.24) is 15.3 Å². The lowest BCUT2D eigenvalue weighted by atomic mass is 9.97. The Labute approximate surface area is 178 Å². The molecule has 1 aliphatic heterocycles. The zero-order valence-electron chi connectivity index (χ0n) is 17.3. The second-order valence-electron chi connectivity index (χ2n) is 8.11. The minimum atomic E-state index is -0.531. The quantitative estimate of drug-likeness (QED) is 0.479.